The first-order chi connectivity index (χ1) is 29.1. The van der Waals surface area contributed by atoms with Crippen LogP contribution in [0.2, 0.25) is 5.02 Å². The number of hydrogen-bond acceptors (Lipinski definition) is 11. The van der Waals surface area contributed by atoms with Crippen molar-refractivity contribution in [3.05, 3.63) is 142 Å². The fraction of sp³-hybridized carbons (Fsp3) is 0.289. The zero-order chi connectivity index (χ0) is 41.6. The first-order valence-electron chi connectivity index (χ1n) is 20.1. The van der Waals surface area contributed by atoms with Crippen molar-refractivity contribution in [3.63, 3.8) is 0 Å². The number of anilines is 3. The van der Waals surface area contributed by atoms with E-state index in [1.807, 2.05) is 60.7 Å². The van der Waals surface area contributed by atoms with E-state index in [1.165, 1.54) is 42.4 Å². The summed E-state index contributed by atoms with van der Waals surface area (Å²) in [5.41, 5.74) is 5.12. The number of sulfonamides is 1. The molecular formula is C45H47ClN8O4S2. The molecule has 12 nitrogen and oxygen atoms in total. The zero-order valence-corrected chi connectivity index (χ0v) is 35.7. The number of hydrogen-bond donors (Lipinski definition) is 2. The van der Waals surface area contributed by atoms with Crippen LogP contribution in [0.25, 0.3) is 22.0 Å². The molecule has 2 heterocycles. The molecule has 6 aromatic rings. The van der Waals surface area contributed by atoms with Crippen molar-refractivity contribution in [1.82, 2.24) is 19.8 Å². The Morgan fingerprint density at radius 2 is 1.67 bits per heavy atom. The van der Waals surface area contributed by atoms with Gasteiger partial charge in [0, 0.05) is 84.2 Å². The fourth-order valence-electron chi connectivity index (χ4n) is 7.62. The highest BCUT2D eigenvalue weighted by molar-refractivity contribution is 7.99. The third-order valence-electron chi connectivity index (χ3n) is 11.2. The van der Waals surface area contributed by atoms with Crippen LogP contribution in [-0.2, 0) is 16.6 Å². The zero-order valence-electron chi connectivity index (χ0n) is 33.3. The van der Waals surface area contributed by atoms with E-state index < -0.39 is 14.9 Å². The molecule has 2 aliphatic rings. The van der Waals surface area contributed by atoms with Gasteiger partial charge in [0.05, 0.1) is 15.3 Å². The van der Waals surface area contributed by atoms with E-state index in [1.54, 1.807) is 11.8 Å². The van der Waals surface area contributed by atoms with E-state index in [0.29, 0.717) is 27.7 Å². The Hall–Kier alpha value is -5.25. The summed E-state index contributed by atoms with van der Waals surface area (Å²) in [5, 5.41) is 17.0. The number of aromatic nitrogens is 2. The Balaban J connectivity index is 0.934. The number of piperazine rings is 1. The molecule has 5 aromatic carbocycles. The third kappa shape index (κ3) is 10.2. The summed E-state index contributed by atoms with van der Waals surface area (Å²) in [5.74, 6) is 0.777. The van der Waals surface area contributed by atoms with Crippen molar-refractivity contribution in [3.8, 4) is 11.1 Å². The van der Waals surface area contributed by atoms with Crippen LogP contribution >= 0.6 is 23.4 Å². The Labute approximate surface area is 360 Å². The minimum absolute atomic E-state index is 0.0957. The quantitative estimate of drug-likeness (QED) is 0.0517. The van der Waals surface area contributed by atoms with Crippen LogP contribution < -0.4 is 14.9 Å². The highest BCUT2D eigenvalue weighted by atomic mass is 35.5. The van der Waals surface area contributed by atoms with Gasteiger partial charge in [-0.25, -0.2) is 18.4 Å². The van der Waals surface area contributed by atoms with Gasteiger partial charge < -0.3 is 15.1 Å². The van der Waals surface area contributed by atoms with Crippen molar-refractivity contribution in [2.24, 2.45) is 0 Å². The summed E-state index contributed by atoms with van der Waals surface area (Å²) in [7, 11) is -2.15. The second-order valence-electron chi connectivity index (χ2n) is 15.4. The number of nitrogens with zero attached hydrogens (tertiary/aromatic N) is 6. The van der Waals surface area contributed by atoms with Gasteiger partial charge in [-0.3, -0.25) is 19.7 Å². The molecule has 310 valence electrons. The first-order valence-corrected chi connectivity index (χ1v) is 23.0. The molecule has 2 N–H and O–H groups in total. The van der Waals surface area contributed by atoms with E-state index in [-0.39, 0.29) is 28.1 Å². The molecule has 0 bridgehead atoms. The summed E-state index contributed by atoms with van der Waals surface area (Å²) in [6, 6.07) is 36.7. The molecule has 1 aliphatic carbocycles. The molecule has 1 unspecified atom stereocenters. The average Bonchev–Trinajstić information content (AvgIpc) is 4.12. The van der Waals surface area contributed by atoms with E-state index in [9.17, 15) is 18.5 Å². The lowest BCUT2D eigenvalue weighted by atomic mass is 9.99. The normalized spacial score (nSPS) is 15.3. The van der Waals surface area contributed by atoms with E-state index in [2.05, 4.69) is 78.2 Å². The minimum atomic E-state index is -4.27. The monoisotopic (exact) mass is 862 g/mol. The first kappa shape index (κ1) is 41.5. The van der Waals surface area contributed by atoms with Crippen molar-refractivity contribution < 1.29 is 13.3 Å². The number of fused-ring (bicyclic) bond motifs is 1. The number of benzene rings is 5. The largest absolute Gasteiger partial charge is 0.376 e. The predicted molar refractivity (Wildman–Crippen MR) is 243 cm³/mol. The summed E-state index contributed by atoms with van der Waals surface area (Å²) in [4.78, 5) is 28.6. The summed E-state index contributed by atoms with van der Waals surface area (Å²) < 4.78 is 30.2. The van der Waals surface area contributed by atoms with Crippen LogP contribution in [0.15, 0.2) is 131 Å². The maximum absolute atomic E-state index is 13.8. The molecule has 0 spiro atoms. The fourth-order valence-corrected chi connectivity index (χ4v) is 9.79. The number of nitrogens with one attached hydrogen (secondary N) is 2. The standard InChI is InChI=1S/C45H47ClN8O4S2/c1-51(36-15-16-36)22-21-35(30-59-38-8-3-2-4-9-38)49-42-20-18-39(28-44(42)54(55)56)60(57,58)50-45-41-19-17-37(27-43(41)47-31-48-45)53-25-23-52(24-26-53)29-33-7-5-6-10-40(33)32-11-13-34(46)14-12-32/h2-14,17-20,27-28,31,35-36,49H,15-16,21-26,29-30H2,1H3,(H,47,48,50). The maximum Gasteiger partial charge on any atom is 0.293 e. The van der Waals surface area contributed by atoms with Crippen molar-refractivity contribution in [2.75, 3.05) is 60.5 Å². The van der Waals surface area contributed by atoms with Gasteiger partial charge in [-0.2, -0.15) is 0 Å². The Morgan fingerprint density at radius 3 is 2.42 bits per heavy atom. The summed E-state index contributed by atoms with van der Waals surface area (Å²) >= 11 is 7.83. The number of rotatable bonds is 17. The predicted octanol–water partition coefficient (Wildman–Crippen LogP) is 9.04. The van der Waals surface area contributed by atoms with Gasteiger partial charge in [-0.1, -0.05) is 66.2 Å². The second-order valence-corrected chi connectivity index (χ2v) is 18.6. The Morgan fingerprint density at radius 1 is 0.917 bits per heavy atom. The van der Waals surface area contributed by atoms with Gasteiger partial charge in [0.2, 0.25) is 0 Å². The van der Waals surface area contributed by atoms with Crippen molar-refractivity contribution >= 4 is 67.2 Å². The molecule has 1 saturated carbocycles. The SMILES string of the molecule is CN(CCC(CSc1ccccc1)Nc1ccc(S(=O)(=O)Nc2ncnc3cc(N4CCN(Cc5ccccc5-c5ccc(Cl)cc5)CC4)ccc23)cc1[N+](=O)[O-])C1CC1. The molecule has 1 aromatic heterocycles. The maximum atomic E-state index is 13.8. The molecule has 1 saturated heterocycles. The van der Waals surface area contributed by atoms with Gasteiger partial charge >= 0.3 is 0 Å². The van der Waals surface area contributed by atoms with Gasteiger partial charge in [0.25, 0.3) is 15.7 Å². The van der Waals surface area contributed by atoms with Crippen LogP contribution in [0, 0.1) is 10.1 Å². The molecule has 0 radical (unpaired) electrons. The van der Waals surface area contributed by atoms with Crippen LogP contribution in [0.1, 0.15) is 24.8 Å². The van der Waals surface area contributed by atoms with Crippen LogP contribution in [0.4, 0.5) is 22.9 Å². The van der Waals surface area contributed by atoms with Crippen LogP contribution in [-0.4, -0.2) is 90.7 Å². The van der Waals surface area contributed by atoms with Gasteiger partial charge in [-0.05, 0) is 97.6 Å². The molecular weight excluding hydrogens is 816 g/mol. The number of nitro groups is 1. The molecule has 0 amide bonds. The van der Waals surface area contributed by atoms with Gasteiger partial charge in [0.15, 0.2) is 5.82 Å². The van der Waals surface area contributed by atoms with Crippen molar-refractivity contribution in [1.29, 1.82) is 0 Å². The highest BCUT2D eigenvalue weighted by Crippen LogP contribution is 2.33. The molecule has 1 aliphatic heterocycles. The second kappa shape index (κ2) is 18.6. The molecule has 2 fully saturated rings. The average molecular weight is 864 g/mol. The molecule has 15 heteroatoms. The smallest absolute Gasteiger partial charge is 0.293 e. The lowest BCUT2D eigenvalue weighted by Gasteiger charge is -2.36. The molecule has 1 atom stereocenters. The third-order valence-corrected chi connectivity index (χ3v) is 13.9. The van der Waals surface area contributed by atoms with Crippen molar-refractivity contribution in [2.45, 2.75) is 47.7 Å². The van der Waals surface area contributed by atoms with Crippen LogP contribution in [0.3, 0.4) is 0 Å². The Bertz CT molecular complexity index is 2560. The van der Waals surface area contributed by atoms with Gasteiger partial charge in [-0.15, -0.1) is 11.8 Å². The number of nitro benzene ring substituents is 1. The van der Waals surface area contributed by atoms with E-state index in [4.69, 9.17) is 11.6 Å². The topological polar surface area (TPSA) is 137 Å². The summed E-state index contributed by atoms with van der Waals surface area (Å²) in [6.45, 7) is 5.03. The molecule has 60 heavy (non-hydrogen) atoms. The van der Waals surface area contributed by atoms with Gasteiger partial charge in [0.1, 0.15) is 12.0 Å². The lowest BCUT2D eigenvalue weighted by Crippen LogP contribution is -2.46. The van der Waals surface area contributed by atoms with Crippen LogP contribution in [0.5, 0.6) is 0 Å². The molecule has 8 rings (SSSR count). The highest BCUT2D eigenvalue weighted by Gasteiger charge is 2.28. The number of thioether (sulfide) groups is 1. The summed E-state index contributed by atoms with van der Waals surface area (Å²) in [6.07, 6.45) is 4.47. The lowest BCUT2D eigenvalue weighted by molar-refractivity contribution is -0.384. The minimum Gasteiger partial charge on any atom is -0.376 e. The van der Waals surface area contributed by atoms with E-state index >= 15 is 0 Å². The Kier molecular flexibility index (Phi) is 12.8. The van der Waals surface area contributed by atoms with E-state index in [0.717, 1.165) is 67.9 Å². The number of halogens is 1.